The van der Waals surface area contributed by atoms with Crippen molar-refractivity contribution >= 4 is 17.7 Å². The molecule has 1 aliphatic rings. The second-order valence-electron chi connectivity index (χ2n) is 6.16. The zero-order chi connectivity index (χ0) is 17.1. The van der Waals surface area contributed by atoms with Crippen molar-refractivity contribution in [3.8, 4) is 11.3 Å². The number of nitrogens with zero attached hydrogens (tertiary/aromatic N) is 1. The molecule has 0 spiro atoms. The first-order valence-corrected chi connectivity index (χ1v) is 9.30. The van der Waals surface area contributed by atoms with E-state index in [9.17, 15) is 4.79 Å². The molecular formula is C20H19N3OS. The molecule has 2 aromatic carbocycles. The Kier molecular flexibility index (Phi) is 4.57. The number of carbonyl (C=O) groups is 1. The van der Waals surface area contributed by atoms with E-state index in [0.717, 1.165) is 34.8 Å². The van der Waals surface area contributed by atoms with Crippen molar-refractivity contribution in [2.75, 3.05) is 0 Å². The van der Waals surface area contributed by atoms with Crippen LogP contribution < -0.4 is 5.32 Å². The Balaban J connectivity index is 1.56. The molecule has 1 aromatic heterocycles. The molecule has 0 radical (unpaired) electrons. The molecule has 1 amide bonds. The van der Waals surface area contributed by atoms with Gasteiger partial charge in [0.25, 0.3) is 0 Å². The van der Waals surface area contributed by atoms with Crippen molar-refractivity contribution in [1.82, 2.24) is 15.3 Å². The standard InChI is InChI=1S/C20H19N3OS/c24-19(22-16-11-12-16)18(15-9-5-2-6-10-15)25-20-21-13-17(23-20)14-7-3-1-4-8-14/h1-10,13,16,18H,11-12H2,(H,21,23)(H,22,24)/t18-/m0/s1. The van der Waals surface area contributed by atoms with Crippen LogP contribution in [0.15, 0.2) is 72.0 Å². The molecule has 0 bridgehead atoms. The number of carbonyl (C=O) groups excluding carboxylic acids is 1. The van der Waals surface area contributed by atoms with Crippen LogP contribution in [0.5, 0.6) is 0 Å². The van der Waals surface area contributed by atoms with Crippen LogP contribution in [0.2, 0.25) is 0 Å². The number of rotatable bonds is 6. The lowest BCUT2D eigenvalue weighted by Crippen LogP contribution is -2.29. The van der Waals surface area contributed by atoms with Gasteiger partial charge in [0.15, 0.2) is 5.16 Å². The number of aromatic amines is 1. The van der Waals surface area contributed by atoms with Crippen LogP contribution in [0.4, 0.5) is 0 Å². The minimum absolute atomic E-state index is 0.0522. The highest BCUT2D eigenvalue weighted by molar-refractivity contribution is 8.00. The molecule has 1 fully saturated rings. The number of nitrogens with one attached hydrogen (secondary N) is 2. The van der Waals surface area contributed by atoms with Gasteiger partial charge in [-0.25, -0.2) is 4.98 Å². The Labute approximate surface area is 151 Å². The molecular weight excluding hydrogens is 330 g/mol. The predicted molar refractivity (Wildman–Crippen MR) is 100 cm³/mol. The Morgan fingerprint density at radius 1 is 1.08 bits per heavy atom. The van der Waals surface area contributed by atoms with Crippen LogP contribution in [0.25, 0.3) is 11.3 Å². The van der Waals surface area contributed by atoms with E-state index in [2.05, 4.69) is 15.3 Å². The predicted octanol–water partition coefficient (Wildman–Crippen LogP) is 4.19. The van der Waals surface area contributed by atoms with E-state index in [1.54, 1.807) is 0 Å². The third-order valence-corrected chi connectivity index (χ3v) is 5.28. The Hall–Kier alpha value is -2.53. The molecule has 0 aliphatic heterocycles. The summed E-state index contributed by atoms with van der Waals surface area (Å²) in [5.74, 6) is 0.0522. The first kappa shape index (κ1) is 16.0. The molecule has 1 saturated carbocycles. The molecule has 0 saturated heterocycles. The molecule has 126 valence electrons. The fourth-order valence-electron chi connectivity index (χ4n) is 2.64. The van der Waals surface area contributed by atoms with Crippen LogP contribution in [-0.4, -0.2) is 21.9 Å². The minimum Gasteiger partial charge on any atom is -0.352 e. The number of hydrogen-bond acceptors (Lipinski definition) is 3. The van der Waals surface area contributed by atoms with Gasteiger partial charge in [-0.15, -0.1) is 0 Å². The van der Waals surface area contributed by atoms with Crippen molar-refractivity contribution in [2.45, 2.75) is 29.3 Å². The molecule has 25 heavy (non-hydrogen) atoms. The topological polar surface area (TPSA) is 57.8 Å². The van der Waals surface area contributed by atoms with Crippen molar-refractivity contribution < 1.29 is 4.79 Å². The summed E-state index contributed by atoms with van der Waals surface area (Å²) in [6.45, 7) is 0. The summed E-state index contributed by atoms with van der Waals surface area (Å²) >= 11 is 1.46. The average Bonchev–Trinajstić information content (AvgIpc) is 3.35. The van der Waals surface area contributed by atoms with E-state index in [0.29, 0.717) is 6.04 Å². The van der Waals surface area contributed by atoms with E-state index >= 15 is 0 Å². The van der Waals surface area contributed by atoms with Gasteiger partial charge in [-0.05, 0) is 24.0 Å². The molecule has 1 aliphatic carbocycles. The second kappa shape index (κ2) is 7.15. The number of amides is 1. The summed E-state index contributed by atoms with van der Waals surface area (Å²) in [4.78, 5) is 20.5. The summed E-state index contributed by atoms with van der Waals surface area (Å²) in [5.41, 5.74) is 3.03. The molecule has 2 N–H and O–H groups in total. The highest BCUT2D eigenvalue weighted by Gasteiger charge is 2.29. The van der Waals surface area contributed by atoms with Gasteiger partial charge >= 0.3 is 0 Å². The lowest BCUT2D eigenvalue weighted by molar-refractivity contribution is -0.120. The van der Waals surface area contributed by atoms with Gasteiger partial charge in [-0.2, -0.15) is 0 Å². The van der Waals surface area contributed by atoms with Gasteiger partial charge in [-0.1, -0.05) is 72.4 Å². The fourth-order valence-corrected chi connectivity index (χ4v) is 3.62. The molecule has 1 heterocycles. The third-order valence-electron chi connectivity index (χ3n) is 4.13. The molecule has 4 nitrogen and oxygen atoms in total. The number of H-pyrrole nitrogens is 1. The Morgan fingerprint density at radius 2 is 1.76 bits per heavy atom. The van der Waals surface area contributed by atoms with Gasteiger partial charge in [0.05, 0.1) is 11.9 Å². The van der Waals surface area contributed by atoms with Crippen LogP contribution in [0, 0.1) is 0 Å². The van der Waals surface area contributed by atoms with Gasteiger partial charge < -0.3 is 10.3 Å². The number of benzene rings is 2. The number of thioether (sulfide) groups is 1. The summed E-state index contributed by atoms with van der Waals surface area (Å²) in [6, 6.07) is 20.3. The summed E-state index contributed by atoms with van der Waals surface area (Å²) in [7, 11) is 0. The highest BCUT2D eigenvalue weighted by Crippen LogP contribution is 2.35. The van der Waals surface area contributed by atoms with Crippen molar-refractivity contribution in [3.63, 3.8) is 0 Å². The van der Waals surface area contributed by atoms with Crippen molar-refractivity contribution in [2.24, 2.45) is 0 Å². The third kappa shape index (κ3) is 3.94. The highest BCUT2D eigenvalue weighted by atomic mass is 32.2. The van der Waals surface area contributed by atoms with E-state index in [4.69, 9.17) is 0 Å². The monoisotopic (exact) mass is 349 g/mol. The quantitative estimate of drug-likeness (QED) is 0.656. The van der Waals surface area contributed by atoms with Gasteiger partial charge in [0.1, 0.15) is 5.25 Å². The van der Waals surface area contributed by atoms with E-state index in [1.807, 2.05) is 66.9 Å². The van der Waals surface area contributed by atoms with Crippen LogP contribution in [0.3, 0.4) is 0 Å². The van der Waals surface area contributed by atoms with Crippen molar-refractivity contribution in [3.05, 3.63) is 72.4 Å². The second-order valence-corrected chi connectivity index (χ2v) is 7.25. The summed E-state index contributed by atoms with van der Waals surface area (Å²) < 4.78 is 0. The SMILES string of the molecule is O=C(NC1CC1)[C@@H](Sc1ncc(-c2ccccc2)[nH]1)c1ccccc1. The first-order valence-electron chi connectivity index (χ1n) is 8.42. The molecule has 0 unspecified atom stereocenters. The minimum atomic E-state index is -0.309. The number of aromatic nitrogens is 2. The van der Waals surface area contributed by atoms with Crippen LogP contribution in [-0.2, 0) is 4.79 Å². The summed E-state index contributed by atoms with van der Waals surface area (Å²) in [6.07, 6.45) is 3.98. The smallest absolute Gasteiger partial charge is 0.238 e. The van der Waals surface area contributed by atoms with E-state index < -0.39 is 0 Å². The number of imidazole rings is 1. The van der Waals surface area contributed by atoms with E-state index in [-0.39, 0.29) is 11.2 Å². The molecule has 4 rings (SSSR count). The normalized spacial score (nSPS) is 14.9. The molecule has 1 atom stereocenters. The summed E-state index contributed by atoms with van der Waals surface area (Å²) in [5, 5.41) is 3.55. The van der Waals surface area contributed by atoms with Crippen LogP contribution in [0.1, 0.15) is 23.7 Å². The maximum Gasteiger partial charge on any atom is 0.238 e. The van der Waals surface area contributed by atoms with E-state index in [1.165, 1.54) is 11.8 Å². The lowest BCUT2D eigenvalue weighted by Gasteiger charge is -2.15. The zero-order valence-corrected chi connectivity index (χ0v) is 14.5. The maximum absolute atomic E-state index is 12.7. The number of hydrogen-bond donors (Lipinski definition) is 2. The van der Waals surface area contributed by atoms with Crippen LogP contribution >= 0.6 is 11.8 Å². The Morgan fingerprint density at radius 3 is 2.44 bits per heavy atom. The van der Waals surface area contributed by atoms with Gasteiger partial charge in [-0.3, -0.25) is 4.79 Å². The largest absolute Gasteiger partial charge is 0.352 e. The zero-order valence-electron chi connectivity index (χ0n) is 13.7. The molecule has 3 aromatic rings. The van der Waals surface area contributed by atoms with Crippen molar-refractivity contribution in [1.29, 1.82) is 0 Å². The lowest BCUT2D eigenvalue weighted by atomic mass is 10.1. The first-order chi connectivity index (χ1) is 12.3. The van der Waals surface area contributed by atoms with Gasteiger partial charge in [0, 0.05) is 6.04 Å². The molecule has 5 heteroatoms. The maximum atomic E-state index is 12.7. The van der Waals surface area contributed by atoms with Gasteiger partial charge in [0.2, 0.25) is 5.91 Å². The Bertz CT molecular complexity index is 844. The average molecular weight is 349 g/mol. The fraction of sp³-hybridized carbons (Fsp3) is 0.200.